The van der Waals surface area contributed by atoms with Crippen LogP contribution in [0.1, 0.15) is 18.9 Å². The van der Waals surface area contributed by atoms with Crippen molar-refractivity contribution >= 4 is 5.82 Å². The van der Waals surface area contributed by atoms with Gasteiger partial charge in [-0.1, -0.05) is 6.92 Å². The van der Waals surface area contributed by atoms with Crippen molar-refractivity contribution in [3.05, 3.63) is 23.6 Å². The van der Waals surface area contributed by atoms with Gasteiger partial charge in [-0.25, -0.2) is 9.37 Å². The highest BCUT2D eigenvalue weighted by atomic mass is 19.1. The van der Waals surface area contributed by atoms with E-state index in [0.29, 0.717) is 12.6 Å². The number of hydrogen-bond acceptors (Lipinski definition) is 4. The molecule has 0 aliphatic carbocycles. The molecule has 0 amide bonds. The number of piperazine rings is 1. The Morgan fingerprint density at radius 2 is 2.26 bits per heavy atom. The normalized spacial score (nSPS) is 20.8. The summed E-state index contributed by atoms with van der Waals surface area (Å²) >= 11 is 0. The third-order valence-corrected chi connectivity index (χ3v) is 3.82. The van der Waals surface area contributed by atoms with Crippen LogP contribution in [0.5, 0.6) is 0 Å². The minimum absolute atomic E-state index is 0.268. The number of rotatable bonds is 4. The number of halogens is 1. The van der Waals surface area contributed by atoms with Crippen molar-refractivity contribution in [2.75, 3.05) is 38.6 Å². The zero-order chi connectivity index (χ0) is 13.8. The van der Waals surface area contributed by atoms with E-state index in [1.807, 2.05) is 7.05 Å². The Morgan fingerprint density at radius 1 is 1.47 bits per heavy atom. The number of nitrogens with zero attached hydrogens (tertiary/aromatic N) is 3. The fraction of sp³-hybridized carbons (Fsp3) is 0.643. The Morgan fingerprint density at radius 3 is 2.95 bits per heavy atom. The molecule has 1 N–H and O–H groups in total. The van der Waals surface area contributed by atoms with Crippen LogP contribution in [0.4, 0.5) is 10.2 Å². The molecular weight excluding hydrogens is 243 g/mol. The minimum atomic E-state index is -0.268. The highest BCUT2D eigenvalue weighted by molar-refractivity contribution is 5.47. The molecule has 4 nitrogen and oxygen atoms in total. The van der Waals surface area contributed by atoms with Gasteiger partial charge in [0.15, 0.2) is 0 Å². The van der Waals surface area contributed by atoms with Crippen molar-refractivity contribution in [1.82, 2.24) is 15.2 Å². The Kier molecular flexibility index (Phi) is 4.71. The van der Waals surface area contributed by atoms with E-state index in [1.165, 1.54) is 6.20 Å². The highest BCUT2D eigenvalue weighted by Gasteiger charge is 2.25. The molecule has 19 heavy (non-hydrogen) atoms. The second kappa shape index (κ2) is 6.30. The van der Waals surface area contributed by atoms with Gasteiger partial charge in [-0.3, -0.25) is 4.90 Å². The molecule has 5 heteroatoms. The van der Waals surface area contributed by atoms with Crippen molar-refractivity contribution in [3.63, 3.8) is 0 Å². The van der Waals surface area contributed by atoms with Crippen LogP contribution in [0, 0.1) is 5.82 Å². The predicted octanol–water partition coefficient (Wildman–Crippen LogP) is 1.47. The lowest BCUT2D eigenvalue weighted by atomic mass is 10.1. The topological polar surface area (TPSA) is 31.4 Å². The molecular formula is C14H23FN4. The number of hydrogen-bond donors (Lipinski definition) is 1. The van der Waals surface area contributed by atoms with E-state index in [9.17, 15) is 4.39 Å². The summed E-state index contributed by atoms with van der Waals surface area (Å²) in [6.45, 7) is 5.78. The average Bonchev–Trinajstić information content (AvgIpc) is 2.40. The summed E-state index contributed by atoms with van der Waals surface area (Å²) in [4.78, 5) is 8.97. The first-order valence-corrected chi connectivity index (χ1v) is 6.90. The lowest BCUT2D eigenvalue weighted by molar-refractivity contribution is 0.212. The minimum Gasteiger partial charge on any atom is -0.353 e. The first kappa shape index (κ1) is 14.2. The maximum atomic E-state index is 13.3. The molecule has 0 aromatic carbocycles. The van der Waals surface area contributed by atoms with Gasteiger partial charge in [0.1, 0.15) is 11.6 Å². The number of anilines is 1. The third kappa shape index (κ3) is 3.22. The molecule has 1 aromatic heterocycles. The molecule has 1 fully saturated rings. The summed E-state index contributed by atoms with van der Waals surface area (Å²) in [5, 5.41) is 3.08. The third-order valence-electron chi connectivity index (χ3n) is 3.82. The number of aromatic nitrogens is 1. The van der Waals surface area contributed by atoms with Crippen LogP contribution >= 0.6 is 0 Å². The molecule has 1 aliphatic rings. The van der Waals surface area contributed by atoms with E-state index < -0.39 is 0 Å². The molecule has 1 unspecified atom stereocenters. The summed E-state index contributed by atoms with van der Waals surface area (Å²) in [7, 11) is 4.03. The quantitative estimate of drug-likeness (QED) is 0.894. The van der Waals surface area contributed by atoms with Gasteiger partial charge in [-0.15, -0.1) is 0 Å². The van der Waals surface area contributed by atoms with Crippen LogP contribution in [0.15, 0.2) is 12.3 Å². The zero-order valence-corrected chi connectivity index (χ0v) is 12.0. The number of likely N-dealkylation sites (N-methyl/N-ethyl adjacent to an activating group) is 1. The lowest BCUT2D eigenvalue weighted by Gasteiger charge is -2.40. The van der Waals surface area contributed by atoms with Crippen LogP contribution in [0.2, 0.25) is 0 Å². The molecule has 0 saturated carbocycles. The second-order valence-corrected chi connectivity index (χ2v) is 5.16. The van der Waals surface area contributed by atoms with Gasteiger partial charge >= 0.3 is 0 Å². The maximum absolute atomic E-state index is 13.3. The van der Waals surface area contributed by atoms with Crippen molar-refractivity contribution in [2.45, 2.75) is 25.9 Å². The van der Waals surface area contributed by atoms with E-state index in [2.05, 4.69) is 34.1 Å². The van der Waals surface area contributed by atoms with E-state index in [-0.39, 0.29) is 5.82 Å². The molecule has 0 radical (unpaired) electrons. The van der Waals surface area contributed by atoms with E-state index in [0.717, 1.165) is 37.4 Å². The summed E-state index contributed by atoms with van der Waals surface area (Å²) in [5.74, 6) is 0.650. The first-order valence-electron chi connectivity index (χ1n) is 6.90. The van der Waals surface area contributed by atoms with Crippen molar-refractivity contribution in [2.24, 2.45) is 0 Å². The van der Waals surface area contributed by atoms with Crippen molar-refractivity contribution < 1.29 is 4.39 Å². The first-order chi connectivity index (χ1) is 9.15. The Balaban J connectivity index is 2.21. The van der Waals surface area contributed by atoms with Crippen LogP contribution in [0.3, 0.4) is 0 Å². The summed E-state index contributed by atoms with van der Waals surface area (Å²) in [6, 6.07) is 2.13. The van der Waals surface area contributed by atoms with E-state index >= 15 is 0 Å². The van der Waals surface area contributed by atoms with E-state index in [1.54, 1.807) is 6.07 Å². The summed E-state index contributed by atoms with van der Waals surface area (Å²) < 4.78 is 13.3. The molecule has 2 rings (SSSR count). The molecule has 1 aromatic rings. The number of pyridine rings is 1. The summed E-state index contributed by atoms with van der Waals surface area (Å²) in [6.07, 6.45) is 2.43. The SMILES string of the molecule is CCC1CN(c2ncc(F)cc2CNC)CCN1C. The molecule has 0 spiro atoms. The van der Waals surface area contributed by atoms with Crippen LogP contribution in [-0.4, -0.2) is 49.7 Å². The number of nitrogens with one attached hydrogen (secondary N) is 1. The Labute approximate surface area is 114 Å². The van der Waals surface area contributed by atoms with E-state index in [4.69, 9.17) is 0 Å². The zero-order valence-electron chi connectivity index (χ0n) is 12.0. The second-order valence-electron chi connectivity index (χ2n) is 5.16. The predicted molar refractivity (Wildman–Crippen MR) is 75.9 cm³/mol. The maximum Gasteiger partial charge on any atom is 0.141 e. The van der Waals surface area contributed by atoms with Gasteiger partial charge in [0.2, 0.25) is 0 Å². The van der Waals surface area contributed by atoms with Gasteiger partial charge in [-0.05, 0) is 26.6 Å². The van der Waals surface area contributed by atoms with Crippen molar-refractivity contribution in [1.29, 1.82) is 0 Å². The van der Waals surface area contributed by atoms with Crippen LogP contribution in [-0.2, 0) is 6.54 Å². The average molecular weight is 266 g/mol. The standard InChI is InChI=1S/C14H23FN4/c1-4-13-10-19(6-5-18(13)3)14-11(8-16-2)7-12(15)9-17-14/h7,9,13,16H,4-6,8,10H2,1-3H3. The molecule has 0 bridgehead atoms. The monoisotopic (exact) mass is 266 g/mol. The summed E-state index contributed by atoms with van der Waals surface area (Å²) in [5.41, 5.74) is 0.932. The molecule has 1 aliphatic heterocycles. The fourth-order valence-electron chi connectivity index (χ4n) is 2.66. The lowest BCUT2D eigenvalue weighted by Crippen LogP contribution is -2.51. The highest BCUT2D eigenvalue weighted by Crippen LogP contribution is 2.22. The molecule has 2 heterocycles. The Bertz CT molecular complexity index is 424. The van der Waals surface area contributed by atoms with Gasteiger partial charge in [0.25, 0.3) is 0 Å². The molecule has 1 atom stereocenters. The molecule has 106 valence electrons. The molecule has 1 saturated heterocycles. The van der Waals surface area contributed by atoms with Gasteiger partial charge in [-0.2, -0.15) is 0 Å². The van der Waals surface area contributed by atoms with Gasteiger partial charge in [0.05, 0.1) is 6.20 Å². The van der Waals surface area contributed by atoms with Crippen LogP contribution in [0.25, 0.3) is 0 Å². The largest absolute Gasteiger partial charge is 0.353 e. The Hall–Kier alpha value is -1.20. The van der Waals surface area contributed by atoms with Gasteiger partial charge < -0.3 is 10.2 Å². The van der Waals surface area contributed by atoms with Crippen molar-refractivity contribution in [3.8, 4) is 0 Å². The van der Waals surface area contributed by atoms with Gasteiger partial charge in [0, 0.05) is 37.8 Å². The van der Waals surface area contributed by atoms with Crippen LogP contribution < -0.4 is 10.2 Å². The smallest absolute Gasteiger partial charge is 0.141 e. The fourth-order valence-corrected chi connectivity index (χ4v) is 2.66.